The lowest BCUT2D eigenvalue weighted by Crippen LogP contribution is -2.25. The van der Waals surface area contributed by atoms with E-state index in [1.807, 2.05) is 0 Å². The molecule has 0 saturated carbocycles. The zero-order valence-electron chi connectivity index (χ0n) is 8.80. The summed E-state index contributed by atoms with van der Waals surface area (Å²) < 4.78 is 1.70. The second-order valence-electron chi connectivity index (χ2n) is 3.09. The van der Waals surface area contributed by atoms with Gasteiger partial charge in [-0.15, -0.1) is 11.8 Å². The van der Waals surface area contributed by atoms with Crippen LogP contribution in [0.3, 0.4) is 0 Å². The zero-order valence-corrected chi connectivity index (χ0v) is 9.56. The van der Waals surface area contributed by atoms with Gasteiger partial charge in [-0.25, -0.2) is 0 Å². The normalized spacial score (nSPS) is 9.27. The molecule has 0 aromatic carbocycles. The van der Waals surface area contributed by atoms with Crippen LogP contribution >= 0.6 is 11.6 Å². The molecule has 1 amide bonds. The van der Waals surface area contributed by atoms with Gasteiger partial charge in [-0.3, -0.25) is 4.79 Å². The van der Waals surface area contributed by atoms with Crippen molar-refractivity contribution in [3.63, 3.8) is 0 Å². The van der Waals surface area contributed by atoms with E-state index in [9.17, 15) is 4.79 Å². The van der Waals surface area contributed by atoms with E-state index in [4.69, 9.17) is 11.6 Å². The highest BCUT2D eigenvalue weighted by Crippen LogP contribution is 2.12. The van der Waals surface area contributed by atoms with E-state index in [2.05, 4.69) is 17.2 Å². The smallest absolute Gasteiger partial charge is 0.267 e. The molecule has 80 valence electrons. The summed E-state index contributed by atoms with van der Waals surface area (Å²) in [4.78, 5) is 11.6. The molecule has 0 saturated heterocycles. The summed E-state index contributed by atoms with van der Waals surface area (Å²) in [5.74, 6) is 5.52. The Bertz CT molecular complexity index is 412. The topological polar surface area (TPSA) is 34.0 Å². The number of hydrogen-bond donors (Lipinski definition) is 1. The lowest BCUT2D eigenvalue weighted by atomic mass is 10.3. The van der Waals surface area contributed by atoms with Crippen molar-refractivity contribution < 1.29 is 4.79 Å². The molecule has 0 unspecified atom stereocenters. The van der Waals surface area contributed by atoms with Gasteiger partial charge >= 0.3 is 0 Å². The van der Waals surface area contributed by atoms with Crippen LogP contribution in [0.25, 0.3) is 0 Å². The first kappa shape index (κ1) is 11.7. The fraction of sp³-hybridized carbons (Fsp3) is 0.364. The summed E-state index contributed by atoms with van der Waals surface area (Å²) in [6.45, 7) is 2.33. The van der Waals surface area contributed by atoms with Crippen LogP contribution in [-0.2, 0) is 7.05 Å². The lowest BCUT2D eigenvalue weighted by molar-refractivity contribution is 0.0946. The van der Waals surface area contributed by atoms with Gasteiger partial charge in [-0.2, -0.15) is 0 Å². The Kier molecular flexibility index (Phi) is 4.26. The van der Waals surface area contributed by atoms with E-state index in [0.717, 1.165) is 0 Å². The van der Waals surface area contributed by atoms with E-state index in [0.29, 0.717) is 23.7 Å². The van der Waals surface area contributed by atoms with E-state index >= 15 is 0 Å². The van der Waals surface area contributed by atoms with Crippen molar-refractivity contribution in [2.45, 2.75) is 13.3 Å². The summed E-state index contributed by atoms with van der Waals surface area (Å²) in [6, 6.07) is 1.64. The van der Waals surface area contributed by atoms with Crippen LogP contribution in [0.2, 0.25) is 5.02 Å². The Labute approximate surface area is 94.4 Å². The Balaban J connectivity index is 2.52. The molecule has 1 rings (SSSR count). The quantitative estimate of drug-likeness (QED) is 0.617. The van der Waals surface area contributed by atoms with Crippen molar-refractivity contribution >= 4 is 17.5 Å². The number of halogens is 1. The molecule has 0 aliphatic carbocycles. The third-order valence-corrected chi connectivity index (χ3v) is 2.12. The van der Waals surface area contributed by atoms with Crippen LogP contribution in [0.5, 0.6) is 0 Å². The highest BCUT2D eigenvalue weighted by atomic mass is 35.5. The molecule has 1 N–H and O–H groups in total. The maximum atomic E-state index is 11.6. The summed E-state index contributed by atoms with van der Waals surface area (Å²) in [7, 11) is 1.78. The van der Waals surface area contributed by atoms with E-state index in [1.165, 1.54) is 0 Å². The Morgan fingerprint density at radius 3 is 2.93 bits per heavy atom. The molecule has 0 fully saturated rings. The summed E-state index contributed by atoms with van der Waals surface area (Å²) >= 11 is 5.77. The molecule has 1 heterocycles. The molecule has 3 nitrogen and oxygen atoms in total. The monoisotopic (exact) mass is 224 g/mol. The molecule has 0 aliphatic rings. The number of amides is 1. The average molecular weight is 225 g/mol. The first-order valence-corrected chi connectivity index (χ1v) is 5.02. The molecule has 15 heavy (non-hydrogen) atoms. The van der Waals surface area contributed by atoms with E-state index < -0.39 is 0 Å². The largest absolute Gasteiger partial charge is 0.350 e. The third kappa shape index (κ3) is 3.34. The number of hydrogen-bond acceptors (Lipinski definition) is 1. The van der Waals surface area contributed by atoms with Crippen molar-refractivity contribution in [1.82, 2.24) is 9.88 Å². The average Bonchev–Trinajstić information content (AvgIpc) is 2.52. The van der Waals surface area contributed by atoms with Gasteiger partial charge in [-0.05, 0) is 13.0 Å². The molecule has 4 heteroatoms. The van der Waals surface area contributed by atoms with Gasteiger partial charge in [0.05, 0.1) is 5.02 Å². The van der Waals surface area contributed by atoms with Gasteiger partial charge in [0.15, 0.2) is 0 Å². The van der Waals surface area contributed by atoms with Gasteiger partial charge < -0.3 is 9.88 Å². The number of nitrogens with zero attached hydrogens (tertiary/aromatic N) is 1. The predicted octanol–water partition coefficient (Wildman–Crippen LogP) is 1.82. The number of carbonyl (C=O) groups is 1. The van der Waals surface area contributed by atoms with Crippen molar-refractivity contribution in [1.29, 1.82) is 0 Å². The number of nitrogens with one attached hydrogen (secondary N) is 1. The van der Waals surface area contributed by atoms with Crippen molar-refractivity contribution in [2.24, 2.45) is 7.05 Å². The minimum absolute atomic E-state index is 0.123. The molecule has 0 bridgehead atoms. The standard InChI is InChI=1S/C11H13ClN2O/c1-3-4-5-6-13-11(15)10-7-9(12)8-14(10)2/h7-8H,5-6H2,1-2H3,(H,13,15). The lowest BCUT2D eigenvalue weighted by Gasteiger charge is -2.03. The number of aromatic nitrogens is 1. The van der Waals surface area contributed by atoms with Gasteiger partial charge in [-0.1, -0.05) is 11.6 Å². The summed E-state index contributed by atoms with van der Waals surface area (Å²) in [6.07, 6.45) is 2.36. The molecule has 0 atom stereocenters. The molecular weight excluding hydrogens is 212 g/mol. The first-order chi connectivity index (χ1) is 7.15. The summed E-state index contributed by atoms with van der Waals surface area (Å²) in [5, 5.41) is 3.33. The Hall–Kier alpha value is -1.40. The maximum Gasteiger partial charge on any atom is 0.267 e. The van der Waals surface area contributed by atoms with Gasteiger partial charge in [0.2, 0.25) is 0 Å². The minimum atomic E-state index is -0.123. The van der Waals surface area contributed by atoms with Crippen LogP contribution in [0.1, 0.15) is 23.8 Å². The fourth-order valence-corrected chi connectivity index (χ4v) is 1.45. The molecule has 1 aromatic rings. The highest BCUT2D eigenvalue weighted by molar-refractivity contribution is 6.31. The van der Waals surface area contributed by atoms with Crippen LogP contribution in [0.15, 0.2) is 12.3 Å². The molecule has 0 spiro atoms. The van der Waals surface area contributed by atoms with Gasteiger partial charge in [0.1, 0.15) is 5.69 Å². The Morgan fingerprint density at radius 2 is 2.40 bits per heavy atom. The second-order valence-corrected chi connectivity index (χ2v) is 3.52. The number of aryl methyl sites for hydroxylation is 1. The summed E-state index contributed by atoms with van der Waals surface area (Å²) in [5.41, 5.74) is 0.560. The van der Waals surface area contributed by atoms with E-state index in [-0.39, 0.29) is 5.91 Å². The maximum absolute atomic E-state index is 11.6. The first-order valence-electron chi connectivity index (χ1n) is 4.65. The minimum Gasteiger partial charge on any atom is -0.350 e. The van der Waals surface area contributed by atoms with Crippen LogP contribution < -0.4 is 5.32 Å². The SMILES string of the molecule is CC#CCCNC(=O)c1cc(Cl)cn1C. The van der Waals surface area contributed by atoms with Crippen LogP contribution in [-0.4, -0.2) is 17.0 Å². The third-order valence-electron chi connectivity index (χ3n) is 1.92. The molecule has 0 aliphatic heterocycles. The number of carbonyl (C=O) groups excluding carboxylic acids is 1. The zero-order chi connectivity index (χ0) is 11.3. The van der Waals surface area contributed by atoms with Gasteiger partial charge in [0.25, 0.3) is 5.91 Å². The van der Waals surface area contributed by atoms with Gasteiger partial charge in [0, 0.05) is 26.2 Å². The highest BCUT2D eigenvalue weighted by Gasteiger charge is 2.09. The molecule has 0 radical (unpaired) electrons. The van der Waals surface area contributed by atoms with E-state index in [1.54, 1.807) is 30.8 Å². The fourth-order valence-electron chi connectivity index (χ4n) is 1.20. The second kappa shape index (κ2) is 5.47. The van der Waals surface area contributed by atoms with Crippen molar-refractivity contribution in [3.05, 3.63) is 23.0 Å². The number of rotatable bonds is 3. The predicted molar refractivity (Wildman–Crippen MR) is 60.8 cm³/mol. The van der Waals surface area contributed by atoms with Crippen molar-refractivity contribution in [2.75, 3.05) is 6.54 Å². The Morgan fingerprint density at radius 1 is 1.67 bits per heavy atom. The van der Waals surface area contributed by atoms with Crippen LogP contribution in [0, 0.1) is 11.8 Å². The van der Waals surface area contributed by atoms with Crippen molar-refractivity contribution in [3.8, 4) is 11.8 Å². The van der Waals surface area contributed by atoms with Crippen LogP contribution in [0.4, 0.5) is 0 Å². The molecule has 1 aromatic heterocycles. The molecular formula is C11H13ClN2O.